The van der Waals surface area contributed by atoms with Crippen LogP contribution in [0.5, 0.6) is 0 Å². The molecule has 35 heavy (non-hydrogen) atoms. The van der Waals surface area contributed by atoms with Crippen molar-refractivity contribution < 1.29 is 13.2 Å². The number of aromatic nitrogens is 1. The Balaban J connectivity index is 1.91. The zero-order valence-electron chi connectivity index (χ0n) is 20.6. The molecule has 0 fully saturated rings. The number of nitrogens with one attached hydrogen (secondary N) is 2. The summed E-state index contributed by atoms with van der Waals surface area (Å²) in [5, 5.41) is 1.44. The summed E-state index contributed by atoms with van der Waals surface area (Å²) < 4.78 is 29.2. The SMILES string of the molecule is CCCCCN(CCCCC)C(=O)[C@@H](Cc1c[nH]c2ccccc12)NS(=O)(=O)c1ccc(Cl)cc1. The molecule has 0 spiro atoms. The van der Waals surface area contributed by atoms with E-state index in [-0.39, 0.29) is 17.2 Å². The molecule has 3 rings (SSSR count). The summed E-state index contributed by atoms with van der Waals surface area (Å²) in [6.45, 7) is 5.51. The van der Waals surface area contributed by atoms with Crippen LogP contribution in [0.2, 0.25) is 5.02 Å². The van der Waals surface area contributed by atoms with Gasteiger partial charge in [0.25, 0.3) is 0 Å². The summed E-state index contributed by atoms with van der Waals surface area (Å²) in [4.78, 5) is 19.0. The third-order valence-corrected chi connectivity index (χ3v) is 7.93. The normalized spacial score (nSPS) is 12.7. The fourth-order valence-electron chi connectivity index (χ4n) is 4.23. The van der Waals surface area contributed by atoms with E-state index in [4.69, 9.17) is 11.6 Å². The molecule has 6 nitrogen and oxygen atoms in total. The number of carbonyl (C=O) groups excluding carboxylic acids is 1. The molecule has 1 atom stereocenters. The summed E-state index contributed by atoms with van der Waals surface area (Å²) in [5.41, 5.74) is 1.86. The van der Waals surface area contributed by atoms with Gasteiger partial charge in [0, 0.05) is 35.2 Å². The van der Waals surface area contributed by atoms with Crippen LogP contribution in [0.4, 0.5) is 0 Å². The number of H-pyrrole nitrogens is 1. The van der Waals surface area contributed by atoms with Crippen molar-refractivity contribution in [1.82, 2.24) is 14.6 Å². The van der Waals surface area contributed by atoms with Crippen molar-refractivity contribution in [3.63, 3.8) is 0 Å². The first kappa shape index (κ1) is 27.2. The predicted molar refractivity (Wildman–Crippen MR) is 143 cm³/mol. The summed E-state index contributed by atoms with van der Waals surface area (Å²) in [6.07, 6.45) is 8.09. The minimum atomic E-state index is -3.93. The molecule has 0 radical (unpaired) electrons. The van der Waals surface area contributed by atoms with E-state index in [0.29, 0.717) is 18.1 Å². The molecule has 1 amide bonds. The minimum Gasteiger partial charge on any atom is -0.361 e. The van der Waals surface area contributed by atoms with E-state index in [9.17, 15) is 13.2 Å². The van der Waals surface area contributed by atoms with Crippen molar-refractivity contribution >= 4 is 38.4 Å². The maximum absolute atomic E-state index is 13.8. The summed E-state index contributed by atoms with van der Waals surface area (Å²) in [5.74, 6) is -0.181. The van der Waals surface area contributed by atoms with Crippen molar-refractivity contribution in [1.29, 1.82) is 0 Å². The zero-order valence-corrected chi connectivity index (χ0v) is 22.2. The van der Waals surface area contributed by atoms with Gasteiger partial charge in [-0.15, -0.1) is 0 Å². The van der Waals surface area contributed by atoms with Crippen LogP contribution in [0.1, 0.15) is 57.9 Å². The van der Waals surface area contributed by atoms with E-state index in [2.05, 4.69) is 23.6 Å². The molecule has 0 aliphatic rings. The Morgan fingerprint density at radius 3 is 2.23 bits per heavy atom. The highest BCUT2D eigenvalue weighted by Crippen LogP contribution is 2.21. The number of fused-ring (bicyclic) bond motifs is 1. The molecule has 0 aliphatic carbocycles. The van der Waals surface area contributed by atoms with Crippen LogP contribution in [0.3, 0.4) is 0 Å². The molecule has 0 saturated carbocycles. The van der Waals surface area contributed by atoms with Crippen LogP contribution in [0.15, 0.2) is 59.6 Å². The Kier molecular flexibility index (Phi) is 10.2. The van der Waals surface area contributed by atoms with Crippen LogP contribution in [-0.2, 0) is 21.2 Å². The Morgan fingerprint density at radius 1 is 0.971 bits per heavy atom. The van der Waals surface area contributed by atoms with Crippen LogP contribution >= 0.6 is 11.6 Å². The van der Waals surface area contributed by atoms with Crippen molar-refractivity contribution in [3.05, 3.63) is 65.3 Å². The second-order valence-electron chi connectivity index (χ2n) is 8.93. The number of sulfonamides is 1. The fourth-order valence-corrected chi connectivity index (χ4v) is 5.54. The van der Waals surface area contributed by atoms with E-state index in [1.165, 1.54) is 24.3 Å². The van der Waals surface area contributed by atoms with Crippen molar-refractivity contribution in [2.75, 3.05) is 13.1 Å². The molecule has 3 aromatic rings. The van der Waals surface area contributed by atoms with Crippen LogP contribution in [-0.4, -0.2) is 43.3 Å². The van der Waals surface area contributed by atoms with E-state index in [1.807, 2.05) is 35.4 Å². The zero-order chi connectivity index (χ0) is 25.3. The van der Waals surface area contributed by atoms with Gasteiger partial charge in [-0.1, -0.05) is 69.3 Å². The minimum absolute atomic E-state index is 0.0853. The van der Waals surface area contributed by atoms with E-state index >= 15 is 0 Å². The summed E-state index contributed by atoms with van der Waals surface area (Å²) in [6, 6.07) is 12.9. The standard InChI is InChI=1S/C27H36ClN3O3S/c1-3-5-9-17-31(18-10-6-4-2)27(32)26(19-21-20-29-25-12-8-7-11-24(21)25)30-35(33,34)23-15-13-22(28)14-16-23/h7-8,11-16,20,26,29-30H,3-6,9-10,17-19H2,1-2H3/t26-/m1/s1. The molecule has 0 bridgehead atoms. The molecule has 1 aromatic heterocycles. The molecule has 8 heteroatoms. The topological polar surface area (TPSA) is 82.3 Å². The highest BCUT2D eigenvalue weighted by molar-refractivity contribution is 7.89. The molecular formula is C27H36ClN3O3S. The van der Waals surface area contributed by atoms with Gasteiger partial charge in [0.2, 0.25) is 15.9 Å². The van der Waals surface area contributed by atoms with Crippen LogP contribution in [0, 0.1) is 0 Å². The number of benzene rings is 2. The number of unbranched alkanes of at least 4 members (excludes halogenated alkanes) is 4. The van der Waals surface area contributed by atoms with Gasteiger partial charge in [-0.25, -0.2) is 8.42 Å². The maximum Gasteiger partial charge on any atom is 0.241 e. The molecule has 1 heterocycles. The van der Waals surface area contributed by atoms with Gasteiger partial charge in [-0.3, -0.25) is 4.79 Å². The Morgan fingerprint density at radius 2 is 1.60 bits per heavy atom. The summed E-state index contributed by atoms with van der Waals surface area (Å²) >= 11 is 5.95. The van der Waals surface area contributed by atoms with Crippen LogP contribution in [0.25, 0.3) is 10.9 Å². The van der Waals surface area contributed by atoms with Crippen molar-refractivity contribution in [3.8, 4) is 0 Å². The van der Waals surface area contributed by atoms with Gasteiger partial charge in [0.15, 0.2) is 0 Å². The number of hydrogen-bond donors (Lipinski definition) is 2. The third-order valence-electron chi connectivity index (χ3n) is 6.19. The van der Waals surface area contributed by atoms with Gasteiger partial charge in [-0.2, -0.15) is 4.72 Å². The fraction of sp³-hybridized carbons (Fsp3) is 0.444. The molecule has 0 aliphatic heterocycles. The van der Waals surface area contributed by atoms with E-state index in [1.54, 1.807) is 0 Å². The molecular weight excluding hydrogens is 482 g/mol. The quantitative estimate of drug-likeness (QED) is 0.260. The van der Waals surface area contributed by atoms with Gasteiger partial charge in [0.1, 0.15) is 6.04 Å². The monoisotopic (exact) mass is 517 g/mol. The lowest BCUT2D eigenvalue weighted by Crippen LogP contribution is -2.50. The Labute approximate surface area is 214 Å². The number of halogens is 1. The first-order valence-corrected chi connectivity index (χ1v) is 14.3. The number of aromatic amines is 1. The summed E-state index contributed by atoms with van der Waals surface area (Å²) in [7, 11) is -3.93. The van der Waals surface area contributed by atoms with Gasteiger partial charge < -0.3 is 9.88 Å². The smallest absolute Gasteiger partial charge is 0.241 e. The number of para-hydroxylation sites is 1. The highest BCUT2D eigenvalue weighted by atomic mass is 35.5. The second-order valence-corrected chi connectivity index (χ2v) is 11.1. The molecule has 0 unspecified atom stereocenters. The largest absolute Gasteiger partial charge is 0.361 e. The molecule has 0 saturated heterocycles. The highest BCUT2D eigenvalue weighted by Gasteiger charge is 2.30. The van der Waals surface area contributed by atoms with Gasteiger partial charge >= 0.3 is 0 Å². The van der Waals surface area contributed by atoms with Gasteiger partial charge in [0.05, 0.1) is 4.90 Å². The first-order valence-electron chi connectivity index (χ1n) is 12.5. The average molecular weight is 518 g/mol. The molecule has 2 aromatic carbocycles. The number of rotatable bonds is 14. The number of nitrogens with zero attached hydrogens (tertiary/aromatic N) is 1. The third kappa shape index (κ3) is 7.56. The number of amides is 1. The lowest BCUT2D eigenvalue weighted by Gasteiger charge is -2.28. The number of hydrogen-bond acceptors (Lipinski definition) is 3. The Bertz CT molecular complexity index is 1180. The average Bonchev–Trinajstić information content (AvgIpc) is 3.25. The molecule has 2 N–H and O–H groups in total. The van der Waals surface area contributed by atoms with Crippen molar-refractivity contribution in [2.24, 2.45) is 0 Å². The second kappa shape index (κ2) is 13.1. The first-order chi connectivity index (χ1) is 16.9. The van der Waals surface area contributed by atoms with E-state index in [0.717, 1.165) is 55.0 Å². The van der Waals surface area contributed by atoms with Gasteiger partial charge in [-0.05, 0) is 55.2 Å². The van der Waals surface area contributed by atoms with E-state index < -0.39 is 16.1 Å². The predicted octanol–water partition coefficient (Wildman–Crippen LogP) is 5.92. The lowest BCUT2D eigenvalue weighted by atomic mass is 10.0. The number of carbonyl (C=O) groups is 1. The lowest BCUT2D eigenvalue weighted by molar-refractivity contribution is -0.133. The molecule has 190 valence electrons. The van der Waals surface area contributed by atoms with Crippen LogP contribution < -0.4 is 4.72 Å². The van der Waals surface area contributed by atoms with Crippen molar-refractivity contribution in [2.45, 2.75) is 69.7 Å². The maximum atomic E-state index is 13.8. The Hall–Kier alpha value is -2.35.